The number of sulfonamides is 1. The second-order valence-corrected chi connectivity index (χ2v) is 7.12. The third-order valence-electron chi connectivity index (χ3n) is 3.92. The first-order valence-corrected chi connectivity index (χ1v) is 8.44. The van der Waals surface area contributed by atoms with Gasteiger partial charge in [-0.15, -0.1) is 0 Å². The minimum atomic E-state index is -3.53. The second-order valence-electron chi connectivity index (χ2n) is 5.21. The van der Waals surface area contributed by atoms with E-state index in [1.165, 1.54) is 11.1 Å². The summed E-state index contributed by atoms with van der Waals surface area (Å²) in [7, 11) is -3.53. The fraction of sp³-hybridized carbons (Fsp3) is 0.250. The Morgan fingerprint density at radius 1 is 0.857 bits per heavy atom. The molecule has 1 heterocycles. The van der Waals surface area contributed by atoms with E-state index in [0.717, 1.165) is 12.8 Å². The second kappa shape index (κ2) is 5.50. The van der Waals surface area contributed by atoms with Gasteiger partial charge in [0.2, 0.25) is 10.0 Å². The van der Waals surface area contributed by atoms with E-state index in [1.54, 1.807) is 28.6 Å². The predicted molar refractivity (Wildman–Crippen MR) is 83.5 cm³/mol. The Labute approximate surface area is 125 Å². The summed E-state index contributed by atoms with van der Waals surface area (Å²) in [6.45, 7) is 0.987. The standard InChI is InChI=1S/C16H18N2O2S/c17-15-7-3-4-8-16(15)21(19,20)18-11-9-13-5-1-2-6-14(13)10-12-18/h1-8H,9-12,17H2. The van der Waals surface area contributed by atoms with E-state index in [4.69, 9.17) is 5.73 Å². The molecule has 0 bridgehead atoms. The van der Waals surface area contributed by atoms with Gasteiger partial charge in [0.05, 0.1) is 5.69 Å². The molecule has 2 N–H and O–H groups in total. The van der Waals surface area contributed by atoms with E-state index < -0.39 is 10.0 Å². The smallest absolute Gasteiger partial charge is 0.245 e. The van der Waals surface area contributed by atoms with Gasteiger partial charge in [-0.2, -0.15) is 4.31 Å². The Morgan fingerprint density at radius 2 is 1.38 bits per heavy atom. The van der Waals surface area contributed by atoms with Crippen LogP contribution in [0.4, 0.5) is 5.69 Å². The number of benzene rings is 2. The van der Waals surface area contributed by atoms with Gasteiger partial charge >= 0.3 is 0 Å². The van der Waals surface area contributed by atoms with Gasteiger partial charge in [0.15, 0.2) is 0 Å². The summed E-state index contributed by atoms with van der Waals surface area (Å²) < 4.78 is 27.1. The van der Waals surface area contributed by atoms with Crippen LogP contribution in [-0.4, -0.2) is 25.8 Å². The van der Waals surface area contributed by atoms with Gasteiger partial charge in [-0.3, -0.25) is 0 Å². The van der Waals surface area contributed by atoms with Crippen LogP contribution in [-0.2, 0) is 22.9 Å². The molecule has 0 saturated carbocycles. The van der Waals surface area contributed by atoms with Crippen LogP contribution in [0, 0.1) is 0 Å². The lowest BCUT2D eigenvalue weighted by atomic mass is 10.0. The highest BCUT2D eigenvalue weighted by Gasteiger charge is 2.27. The molecule has 0 unspecified atom stereocenters. The van der Waals surface area contributed by atoms with Crippen LogP contribution in [0.25, 0.3) is 0 Å². The van der Waals surface area contributed by atoms with Crippen LogP contribution in [0.3, 0.4) is 0 Å². The molecule has 3 rings (SSSR count). The lowest BCUT2D eigenvalue weighted by Gasteiger charge is -2.20. The Bertz CT molecular complexity index is 729. The van der Waals surface area contributed by atoms with Crippen LogP contribution < -0.4 is 5.73 Å². The number of nitrogens with zero attached hydrogens (tertiary/aromatic N) is 1. The quantitative estimate of drug-likeness (QED) is 0.864. The minimum Gasteiger partial charge on any atom is -0.398 e. The van der Waals surface area contributed by atoms with E-state index in [2.05, 4.69) is 12.1 Å². The first kappa shape index (κ1) is 14.1. The van der Waals surface area contributed by atoms with Crippen molar-refractivity contribution in [2.24, 2.45) is 0 Å². The molecule has 110 valence electrons. The van der Waals surface area contributed by atoms with Crippen molar-refractivity contribution >= 4 is 15.7 Å². The van der Waals surface area contributed by atoms with Gasteiger partial charge in [0.25, 0.3) is 0 Å². The molecule has 0 fully saturated rings. The van der Waals surface area contributed by atoms with Gasteiger partial charge < -0.3 is 5.73 Å². The number of fused-ring (bicyclic) bond motifs is 1. The van der Waals surface area contributed by atoms with Crippen LogP contribution in [0.2, 0.25) is 0 Å². The molecule has 1 aliphatic heterocycles. The summed E-state index contributed by atoms with van der Waals surface area (Å²) in [6.07, 6.45) is 1.48. The van der Waals surface area contributed by atoms with Crippen molar-refractivity contribution in [3.8, 4) is 0 Å². The molecule has 1 aliphatic rings. The van der Waals surface area contributed by atoms with E-state index in [1.807, 2.05) is 12.1 Å². The molecule has 0 aliphatic carbocycles. The zero-order chi connectivity index (χ0) is 14.9. The average molecular weight is 302 g/mol. The third-order valence-corrected chi connectivity index (χ3v) is 5.89. The van der Waals surface area contributed by atoms with Crippen LogP contribution >= 0.6 is 0 Å². The van der Waals surface area contributed by atoms with Gasteiger partial charge in [-0.1, -0.05) is 36.4 Å². The van der Waals surface area contributed by atoms with E-state index in [9.17, 15) is 8.42 Å². The molecule has 0 saturated heterocycles. The Kier molecular flexibility index (Phi) is 3.69. The van der Waals surface area contributed by atoms with E-state index in [0.29, 0.717) is 18.8 Å². The molecule has 0 atom stereocenters. The molecule has 5 heteroatoms. The normalized spacial score (nSPS) is 16.2. The number of nitrogen functional groups attached to an aromatic ring is 1. The Hall–Kier alpha value is -1.85. The molecular formula is C16H18N2O2S. The summed E-state index contributed by atoms with van der Waals surface area (Å²) in [5.41, 5.74) is 8.60. The molecule has 0 aromatic heterocycles. The van der Waals surface area contributed by atoms with Crippen molar-refractivity contribution in [1.82, 2.24) is 4.31 Å². The summed E-state index contributed by atoms with van der Waals surface area (Å²) in [5, 5.41) is 0. The molecule has 2 aromatic carbocycles. The molecular weight excluding hydrogens is 284 g/mol. The van der Waals surface area contributed by atoms with Crippen LogP contribution in [0.5, 0.6) is 0 Å². The Morgan fingerprint density at radius 3 is 1.95 bits per heavy atom. The van der Waals surface area contributed by atoms with Crippen molar-refractivity contribution in [1.29, 1.82) is 0 Å². The highest BCUT2D eigenvalue weighted by atomic mass is 32.2. The van der Waals surface area contributed by atoms with Crippen molar-refractivity contribution in [2.75, 3.05) is 18.8 Å². The third kappa shape index (κ3) is 2.66. The minimum absolute atomic E-state index is 0.205. The maximum absolute atomic E-state index is 12.8. The molecule has 0 amide bonds. The molecule has 0 radical (unpaired) electrons. The van der Waals surface area contributed by atoms with E-state index >= 15 is 0 Å². The summed E-state index contributed by atoms with van der Waals surface area (Å²) in [6, 6.07) is 14.8. The average Bonchev–Trinajstić information content (AvgIpc) is 2.70. The lowest BCUT2D eigenvalue weighted by Crippen LogP contribution is -2.33. The highest BCUT2D eigenvalue weighted by molar-refractivity contribution is 7.89. The highest BCUT2D eigenvalue weighted by Crippen LogP contribution is 2.24. The molecule has 0 spiro atoms. The monoisotopic (exact) mass is 302 g/mol. The summed E-state index contributed by atoms with van der Waals surface area (Å²) >= 11 is 0. The van der Waals surface area contributed by atoms with Gasteiger partial charge in [-0.25, -0.2) is 8.42 Å². The number of nitrogens with two attached hydrogens (primary N) is 1. The molecule has 4 nitrogen and oxygen atoms in total. The number of hydrogen-bond acceptors (Lipinski definition) is 3. The summed E-state index contributed by atoms with van der Waals surface area (Å²) in [4.78, 5) is 0.205. The predicted octanol–water partition coefficient (Wildman–Crippen LogP) is 2.06. The molecule has 21 heavy (non-hydrogen) atoms. The van der Waals surface area contributed by atoms with Crippen LogP contribution in [0.15, 0.2) is 53.4 Å². The number of para-hydroxylation sites is 1. The largest absolute Gasteiger partial charge is 0.398 e. The zero-order valence-electron chi connectivity index (χ0n) is 11.7. The fourth-order valence-corrected chi connectivity index (χ4v) is 4.30. The zero-order valence-corrected chi connectivity index (χ0v) is 12.5. The first-order valence-electron chi connectivity index (χ1n) is 7.00. The first-order chi connectivity index (χ1) is 10.1. The number of anilines is 1. The van der Waals surface area contributed by atoms with E-state index in [-0.39, 0.29) is 4.90 Å². The SMILES string of the molecule is Nc1ccccc1S(=O)(=O)N1CCc2ccccc2CC1. The summed E-state index contributed by atoms with van der Waals surface area (Å²) in [5.74, 6) is 0. The fourth-order valence-electron chi connectivity index (χ4n) is 2.74. The van der Waals surface area contributed by atoms with Crippen molar-refractivity contribution in [3.05, 3.63) is 59.7 Å². The lowest BCUT2D eigenvalue weighted by molar-refractivity contribution is 0.427. The maximum Gasteiger partial charge on any atom is 0.245 e. The topological polar surface area (TPSA) is 63.4 Å². The van der Waals surface area contributed by atoms with Crippen LogP contribution in [0.1, 0.15) is 11.1 Å². The number of hydrogen-bond donors (Lipinski definition) is 1. The Balaban J connectivity index is 1.91. The van der Waals surface area contributed by atoms with Crippen molar-refractivity contribution in [3.63, 3.8) is 0 Å². The van der Waals surface area contributed by atoms with Gasteiger partial charge in [-0.05, 0) is 36.1 Å². The van der Waals surface area contributed by atoms with Crippen molar-refractivity contribution in [2.45, 2.75) is 17.7 Å². The van der Waals surface area contributed by atoms with Gasteiger partial charge in [0, 0.05) is 13.1 Å². The number of rotatable bonds is 2. The maximum atomic E-state index is 12.8. The molecule has 2 aromatic rings. The van der Waals surface area contributed by atoms with Crippen molar-refractivity contribution < 1.29 is 8.42 Å². The van der Waals surface area contributed by atoms with Gasteiger partial charge in [0.1, 0.15) is 4.90 Å².